The lowest BCUT2D eigenvalue weighted by Crippen LogP contribution is -2.58. The molecular formula is C23H33N5O2. The molecule has 7 nitrogen and oxygen atoms in total. The largest absolute Gasteiger partial charge is 0.384 e. The van der Waals surface area contributed by atoms with Crippen LogP contribution in [-0.4, -0.2) is 47.7 Å². The van der Waals surface area contributed by atoms with Gasteiger partial charge in [-0.05, 0) is 55.7 Å². The zero-order valence-corrected chi connectivity index (χ0v) is 17.5. The molecule has 30 heavy (non-hydrogen) atoms. The van der Waals surface area contributed by atoms with Crippen molar-refractivity contribution in [3.63, 3.8) is 0 Å². The molecular weight excluding hydrogens is 378 g/mol. The highest BCUT2D eigenvalue weighted by Gasteiger charge is 2.43. The van der Waals surface area contributed by atoms with Crippen LogP contribution >= 0.6 is 0 Å². The first kappa shape index (κ1) is 20.8. The fourth-order valence-corrected chi connectivity index (χ4v) is 5.52. The SMILES string of the molecule is N=C(N)c1cccc(CNC(=O)[C@@H]2CCCN2C(=O)C2NCC[C@@H]3CCCC[C@H]23)c1. The second-order valence-electron chi connectivity index (χ2n) is 8.95. The van der Waals surface area contributed by atoms with Crippen LogP contribution in [0.2, 0.25) is 0 Å². The number of amidine groups is 1. The predicted octanol–water partition coefficient (Wildman–Crippen LogP) is 1.75. The number of piperidine rings is 1. The van der Waals surface area contributed by atoms with Crippen molar-refractivity contribution in [2.24, 2.45) is 17.6 Å². The van der Waals surface area contributed by atoms with Crippen LogP contribution in [0.4, 0.5) is 0 Å². The van der Waals surface area contributed by atoms with E-state index in [1.165, 1.54) is 19.3 Å². The van der Waals surface area contributed by atoms with Crippen molar-refractivity contribution in [3.05, 3.63) is 35.4 Å². The van der Waals surface area contributed by atoms with Crippen LogP contribution < -0.4 is 16.4 Å². The van der Waals surface area contributed by atoms with Gasteiger partial charge in [0, 0.05) is 18.7 Å². The molecule has 3 aliphatic rings. The van der Waals surface area contributed by atoms with Crippen molar-refractivity contribution in [1.82, 2.24) is 15.5 Å². The fraction of sp³-hybridized carbons (Fsp3) is 0.609. The summed E-state index contributed by atoms with van der Waals surface area (Å²) in [5.74, 6) is 1.10. The lowest BCUT2D eigenvalue weighted by Gasteiger charge is -2.43. The summed E-state index contributed by atoms with van der Waals surface area (Å²) in [5, 5.41) is 14.0. The number of benzene rings is 1. The minimum Gasteiger partial charge on any atom is -0.384 e. The van der Waals surface area contributed by atoms with E-state index in [4.69, 9.17) is 11.1 Å². The molecule has 2 saturated heterocycles. The third-order valence-electron chi connectivity index (χ3n) is 7.08. The maximum absolute atomic E-state index is 13.4. The highest BCUT2D eigenvalue weighted by molar-refractivity contribution is 5.95. The number of rotatable bonds is 5. The molecule has 5 N–H and O–H groups in total. The molecule has 0 radical (unpaired) electrons. The molecule has 0 bridgehead atoms. The molecule has 2 aliphatic heterocycles. The Balaban J connectivity index is 1.39. The van der Waals surface area contributed by atoms with E-state index in [2.05, 4.69) is 10.6 Å². The van der Waals surface area contributed by atoms with Gasteiger partial charge in [-0.2, -0.15) is 0 Å². The van der Waals surface area contributed by atoms with E-state index >= 15 is 0 Å². The van der Waals surface area contributed by atoms with E-state index in [9.17, 15) is 9.59 Å². The summed E-state index contributed by atoms with van der Waals surface area (Å²) < 4.78 is 0. The van der Waals surface area contributed by atoms with Crippen molar-refractivity contribution >= 4 is 17.6 Å². The smallest absolute Gasteiger partial charge is 0.243 e. The molecule has 1 unspecified atom stereocenters. The van der Waals surface area contributed by atoms with Crippen LogP contribution in [0, 0.1) is 17.2 Å². The molecule has 162 valence electrons. The Hall–Kier alpha value is -2.41. The summed E-state index contributed by atoms with van der Waals surface area (Å²) in [4.78, 5) is 28.2. The highest BCUT2D eigenvalue weighted by atomic mass is 16.2. The predicted molar refractivity (Wildman–Crippen MR) is 116 cm³/mol. The molecule has 4 rings (SSSR count). The van der Waals surface area contributed by atoms with E-state index in [0.29, 0.717) is 36.9 Å². The first-order valence-corrected chi connectivity index (χ1v) is 11.3. The minimum absolute atomic E-state index is 0.0109. The Bertz CT molecular complexity index is 809. The summed E-state index contributed by atoms with van der Waals surface area (Å²) >= 11 is 0. The van der Waals surface area contributed by atoms with Crippen molar-refractivity contribution in [2.75, 3.05) is 13.1 Å². The number of amides is 2. The minimum atomic E-state index is -0.390. The quantitative estimate of drug-likeness (QED) is 0.437. The number of nitrogens with zero attached hydrogens (tertiary/aromatic N) is 1. The lowest BCUT2D eigenvalue weighted by molar-refractivity contribution is -0.142. The number of hydrogen-bond acceptors (Lipinski definition) is 4. The van der Waals surface area contributed by atoms with Gasteiger partial charge in [-0.15, -0.1) is 0 Å². The van der Waals surface area contributed by atoms with Gasteiger partial charge in [0.15, 0.2) is 0 Å². The van der Waals surface area contributed by atoms with Gasteiger partial charge in [-0.3, -0.25) is 15.0 Å². The van der Waals surface area contributed by atoms with E-state index < -0.39 is 0 Å². The summed E-state index contributed by atoms with van der Waals surface area (Å²) in [6.07, 6.45) is 7.58. The molecule has 1 aliphatic carbocycles. The zero-order chi connectivity index (χ0) is 21.1. The van der Waals surface area contributed by atoms with Crippen molar-refractivity contribution in [1.29, 1.82) is 5.41 Å². The third-order valence-corrected chi connectivity index (χ3v) is 7.08. The first-order valence-electron chi connectivity index (χ1n) is 11.3. The number of fused-ring (bicyclic) bond motifs is 1. The number of carbonyl (C=O) groups excluding carboxylic acids is 2. The zero-order valence-electron chi connectivity index (χ0n) is 17.5. The van der Waals surface area contributed by atoms with Crippen molar-refractivity contribution in [2.45, 2.75) is 63.6 Å². The molecule has 0 aromatic heterocycles. The molecule has 7 heteroatoms. The molecule has 4 atom stereocenters. The van der Waals surface area contributed by atoms with Gasteiger partial charge in [0.1, 0.15) is 11.9 Å². The first-order chi connectivity index (χ1) is 14.5. The molecule has 2 heterocycles. The van der Waals surface area contributed by atoms with Crippen LogP contribution in [0.15, 0.2) is 24.3 Å². The summed E-state index contributed by atoms with van der Waals surface area (Å²) in [6.45, 7) is 1.92. The summed E-state index contributed by atoms with van der Waals surface area (Å²) in [6, 6.07) is 6.80. The highest BCUT2D eigenvalue weighted by Crippen LogP contribution is 2.37. The molecule has 3 fully saturated rings. The van der Waals surface area contributed by atoms with E-state index in [0.717, 1.165) is 31.4 Å². The second-order valence-corrected chi connectivity index (χ2v) is 8.95. The van der Waals surface area contributed by atoms with Gasteiger partial charge >= 0.3 is 0 Å². The average molecular weight is 412 g/mol. The fourth-order valence-electron chi connectivity index (χ4n) is 5.52. The molecule has 1 saturated carbocycles. The Kier molecular flexibility index (Phi) is 6.37. The monoisotopic (exact) mass is 411 g/mol. The van der Waals surface area contributed by atoms with Gasteiger partial charge in [0.2, 0.25) is 11.8 Å². The van der Waals surface area contributed by atoms with E-state index in [-0.39, 0.29) is 29.7 Å². The van der Waals surface area contributed by atoms with Gasteiger partial charge in [-0.25, -0.2) is 0 Å². The van der Waals surface area contributed by atoms with Gasteiger partial charge in [0.05, 0.1) is 6.04 Å². The molecule has 1 aromatic rings. The van der Waals surface area contributed by atoms with Crippen molar-refractivity contribution < 1.29 is 9.59 Å². The van der Waals surface area contributed by atoms with E-state index in [1.807, 2.05) is 23.1 Å². The number of nitrogens with two attached hydrogens (primary N) is 1. The normalized spacial score (nSPS) is 28.6. The van der Waals surface area contributed by atoms with Crippen LogP contribution in [0.3, 0.4) is 0 Å². The van der Waals surface area contributed by atoms with Crippen LogP contribution in [-0.2, 0) is 16.1 Å². The third kappa shape index (κ3) is 4.36. The Morgan fingerprint density at radius 2 is 2.00 bits per heavy atom. The van der Waals surface area contributed by atoms with Crippen LogP contribution in [0.25, 0.3) is 0 Å². The maximum Gasteiger partial charge on any atom is 0.243 e. The van der Waals surface area contributed by atoms with Gasteiger partial charge in [-0.1, -0.05) is 37.5 Å². The Labute approximate surface area is 178 Å². The van der Waals surface area contributed by atoms with Crippen LogP contribution in [0.1, 0.15) is 56.1 Å². The number of carbonyl (C=O) groups is 2. The number of nitrogens with one attached hydrogen (secondary N) is 3. The van der Waals surface area contributed by atoms with Gasteiger partial charge in [0.25, 0.3) is 0 Å². The standard InChI is InChI=1S/C23H33N5O2/c24-21(25)17-7-3-5-15(13-17)14-27-22(29)19-9-4-12-28(19)23(30)20-18-8-2-1-6-16(18)10-11-26-20/h3,5,7,13,16,18-20,26H,1-2,4,6,8-12,14H2,(H3,24,25)(H,27,29)/t16-,18-,19-,20?/m0/s1. The van der Waals surface area contributed by atoms with Gasteiger partial charge < -0.3 is 21.3 Å². The second kappa shape index (κ2) is 9.16. The molecule has 1 aromatic carbocycles. The number of likely N-dealkylation sites (tertiary alicyclic amines) is 1. The summed E-state index contributed by atoms with van der Waals surface area (Å²) in [7, 11) is 0. The number of hydrogen-bond donors (Lipinski definition) is 4. The van der Waals surface area contributed by atoms with Crippen LogP contribution in [0.5, 0.6) is 0 Å². The average Bonchev–Trinajstić information content (AvgIpc) is 3.27. The summed E-state index contributed by atoms with van der Waals surface area (Å²) in [5.41, 5.74) is 7.09. The molecule has 0 spiro atoms. The Morgan fingerprint density at radius 3 is 2.83 bits per heavy atom. The van der Waals surface area contributed by atoms with Crippen molar-refractivity contribution in [3.8, 4) is 0 Å². The Morgan fingerprint density at radius 1 is 1.17 bits per heavy atom. The maximum atomic E-state index is 13.4. The number of nitrogen functional groups attached to an aromatic ring is 1. The lowest BCUT2D eigenvalue weighted by atomic mass is 9.71. The van der Waals surface area contributed by atoms with E-state index in [1.54, 1.807) is 6.07 Å². The molecule has 2 amide bonds. The topological polar surface area (TPSA) is 111 Å².